The molecule has 0 spiro atoms. The van der Waals surface area contributed by atoms with E-state index in [1.165, 1.54) is 19.2 Å². The van der Waals surface area contributed by atoms with Gasteiger partial charge in [-0.2, -0.15) is 0 Å². The van der Waals surface area contributed by atoms with Crippen molar-refractivity contribution in [3.8, 4) is 0 Å². The first kappa shape index (κ1) is 11.1. The van der Waals surface area contributed by atoms with Crippen LogP contribution in [0.5, 0.6) is 0 Å². The standard InChI is InChI=1S/C9H7BrF2O2/c1-14-9(13)6-4-5(8(11)12)2-3-7(6)10/h2-4,8H,1H3. The molecule has 0 fully saturated rings. The Morgan fingerprint density at radius 3 is 2.64 bits per heavy atom. The number of alkyl halides is 2. The van der Waals surface area contributed by atoms with Crippen molar-refractivity contribution in [3.63, 3.8) is 0 Å². The molecule has 0 unspecified atom stereocenters. The number of benzene rings is 1. The van der Waals surface area contributed by atoms with Gasteiger partial charge in [-0.15, -0.1) is 0 Å². The Kier molecular flexibility index (Phi) is 3.57. The van der Waals surface area contributed by atoms with Gasteiger partial charge in [0.05, 0.1) is 12.7 Å². The molecule has 0 atom stereocenters. The maximum atomic E-state index is 12.3. The number of halogens is 3. The van der Waals surface area contributed by atoms with Gasteiger partial charge >= 0.3 is 5.97 Å². The Morgan fingerprint density at radius 1 is 1.50 bits per heavy atom. The van der Waals surface area contributed by atoms with Crippen LogP contribution in [0.2, 0.25) is 0 Å². The van der Waals surface area contributed by atoms with Crippen molar-refractivity contribution >= 4 is 21.9 Å². The Morgan fingerprint density at radius 2 is 2.14 bits per heavy atom. The van der Waals surface area contributed by atoms with Crippen LogP contribution in [0.25, 0.3) is 0 Å². The molecule has 2 nitrogen and oxygen atoms in total. The zero-order chi connectivity index (χ0) is 10.7. The third kappa shape index (κ3) is 2.29. The van der Waals surface area contributed by atoms with Crippen molar-refractivity contribution in [2.45, 2.75) is 6.43 Å². The second-order valence-corrected chi connectivity index (χ2v) is 3.39. The second kappa shape index (κ2) is 4.50. The normalized spacial score (nSPS) is 10.4. The third-order valence-corrected chi connectivity index (χ3v) is 2.34. The van der Waals surface area contributed by atoms with Gasteiger partial charge in [0.25, 0.3) is 6.43 Å². The molecule has 0 aliphatic carbocycles. The summed E-state index contributed by atoms with van der Waals surface area (Å²) in [5, 5.41) is 0. The third-order valence-electron chi connectivity index (χ3n) is 1.65. The zero-order valence-electron chi connectivity index (χ0n) is 7.26. The van der Waals surface area contributed by atoms with Crippen molar-refractivity contribution in [2.75, 3.05) is 7.11 Å². The zero-order valence-corrected chi connectivity index (χ0v) is 8.85. The average molecular weight is 265 g/mol. The number of carbonyl (C=O) groups excluding carboxylic acids is 1. The second-order valence-electron chi connectivity index (χ2n) is 2.53. The van der Waals surface area contributed by atoms with E-state index in [-0.39, 0.29) is 11.1 Å². The van der Waals surface area contributed by atoms with Crippen LogP contribution in [0.1, 0.15) is 22.3 Å². The summed E-state index contributed by atoms with van der Waals surface area (Å²) in [6.07, 6.45) is -2.59. The molecule has 76 valence electrons. The van der Waals surface area contributed by atoms with E-state index in [0.29, 0.717) is 4.47 Å². The molecule has 1 aromatic rings. The smallest absolute Gasteiger partial charge is 0.339 e. The van der Waals surface area contributed by atoms with Crippen molar-refractivity contribution in [1.82, 2.24) is 0 Å². The van der Waals surface area contributed by atoms with E-state index in [0.717, 1.165) is 6.07 Å². The van der Waals surface area contributed by atoms with Crippen LogP contribution in [-0.4, -0.2) is 13.1 Å². The van der Waals surface area contributed by atoms with Crippen LogP contribution in [0.4, 0.5) is 8.78 Å². The summed E-state index contributed by atoms with van der Waals surface area (Å²) in [6.45, 7) is 0. The van der Waals surface area contributed by atoms with E-state index in [2.05, 4.69) is 20.7 Å². The molecule has 0 amide bonds. The summed E-state index contributed by atoms with van der Waals surface area (Å²) in [4.78, 5) is 11.1. The van der Waals surface area contributed by atoms with Gasteiger partial charge in [-0.25, -0.2) is 13.6 Å². The highest BCUT2D eigenvalue weighted by molar-refractivity contribution is 9.10. The summed E-state index contributed by atoms with van der Waals surface area (Å²) in [5.41, 5.74) is -0.0982. The van der Waals surface area contributed by atoms with Crippen molar-refractivity contribution < 1.29 is 18.3 Å². The van der Waals surface area contributed by atoms with Crippen LogP contribution in [0, 0.1) is 0 Å². The minimum atomic E-state index is -2.59. The monoisotopic (exact) mass is 264 g/mol. The Bertz CT molecular complexity index is 353. The van der Waals surface area contributed by atoms with Crippen LogP contribution in [0.3, 0.4) is 0 Å². The molecule has 0 heterocycles. The lowest BCUT2D eigenvalue weighted by atomic mass is 10.1. The minimum absolute atomic E-state index is 0.102. The fourth-order valence-corrected chi connectivity index (χ4v) is 1.35. The van der Waals surface area contributed by atoms with E-state index in [4.69, 9.17) is 0 Å². The topological polar surface area (TPSA) is 26.3 Å². The summed E-state index contributed by atoms with van der Waals surface area (Å²) in [5.74, 6) is -0.639. The molecule has 0 saturated carbocycles. The maximum Gasteiger partial charge on any atom is 0.339 e. The molecule has 1 aromatic carbocycles. The van der Waals surface area contributed by atoms with Crippen molar-refractivity contribution in [3.05, 3.63) is 33.8 Å². The van der Waals surface area contributed by atoms with Gasteiger partial charge in [-0.1, -0.05) is 6.07 Å². The molecule has 0 saturated heterocycles. The Labute approximate surface area is 88.0 Å². The summed E-state index contributed by atoms with van der Waals surface area (Å²) < 4.78 is 29.4. The van der Waals surface area contributed by atoms with Crippen molar-refractivity contribution in [1.29, 1.82) is 0 Å². The molecule has 0 aromatic heterocycles. The molecule has 0 N–H and O–H groups in total. The first-order valence-corrected chi connectivity index (χ1v) is 4.51. The van der Waals surface area contributed by atoms with Crippen LogP contribution in [0.15, 0.2) is 22.7 Å². The van der Waals surface area contributed by atoms with E-state index < -0.39 is 12.4 Å². The van der Waals surface area contributed by atoms with E-state index in [1.54, 1.807) is 0 Å². The molecule has 5 heteroatoms. The fourth-order valence-electron chi connectivity index (χ4n) is 0.945. The predicted octanol–water partition coefficient (Wildman–Crippen LogP) is 3.17. The molecule has 0 bridgehead atoms. The van der Waals surface area contributed by atoms with Crippen molar-refractivity contribution in [2.24, 2.45) is 0 Å². The molecule has 0 aliphatic rings. The molecular weight excluding hydrogens is 258 g/mol. The van der Waals surface area contributed by atoms with Gasteiger partial charge in [0.2, 0.25) is 0 Å². The van der Waals surface area contributed by atoms with Crippen LogP contribution in [-0.2, 0) is 4.74 Å². The lowest BCUT2D eigenvalue weighted by Gasteiger charge is -2.05. The molecule has 14 heavy (non-hydrogen) atoms. The number of ether oxygens (including phenoxy) is 1. The van der Waals surface area contributed by atoms with Gasteiger partial charge in [0.15, 0.2) is 0 Å². The fraction of sp³-hybridized carbons (Fsp3) is 0.222. The number of carbonyl (C=O) groups is 1. The van der Waals surface area contributed by atoms with Crippen LogP contribution >= 0.6 is 15.9 Å². The average Bonchev–Trinajstić information content (AvgIpc) is 2.17. The SMILES string of the molecule is COC(=O)c1cc(C(F)F)ccc1Br. The lowest BCUT2D eigenvalue weighted by Crippen LogP contribution is -2.03. The Hall–Kier alpha value is -0.970. The highest BCUT2D eigenvalue weighted by atomic mass is 79.9. The van der Waals surface area contributed by atoms with Gasteiger partial charge in [-0.05, 0) is 28.1 Å². The molecular formula is C9H7BrF2O2. The number of hydrogen-bond donors (Lipinski definition) is 0. The first-order valence-electron chi connectivity index (χ1n) is 3.72. The summed E-state index contributed by atoms with van der Waals surface area (Å²) >= 11 is 3.08. The van der Waals surface area contributed by atoms with E-state index >= 15 is 0 Å². The van der Waals surface area contributed by atoms with Gasteiger partial charge in [0, 0.05) is 10.0 Å². The summed E-state index contributed by atoms with van der Waals surface area (Å²) in [6, 6.07) is 3.76. The number of hydrogen-bond acceptors (Lipinski definition) is 2. The largest absolute Gasteiger partial charge is 0.465 e. The first-order chi connectivity index (χ1) is 6.56. The minimum Gasteiger partial charge on any atom is -0.465 e. The highest BCUT2D eigenvalue weighted by Gasteiger charge is 2.14. The number of esters is 1. The predicted molar refractivity (Wildman–Crippen MR) is 50.4 cm³/mol. The molecule has 0 radical (unpaired) electrons. The summed E-state index contributed by atoms with van der Waals surface area (Å²) in [7, 11) is 1.20. The quantitative estimate of drug-likeness (QED) is 0.767. The number of rotatable bonds is 2. The maximum absolute atomic E-state index is 12.3. The molecule has 1 rings (SSSR count). The van der Waals surface area contributed by atoms with Crippen LogP contribution < -0.4 is 0 Å². The van der Waals surface area contributed by atoms with E-state index in [1.807, 2.05) is 0 Å². The van der Waals surface area contributed by atoms with Gasteiger partial charge in [-0.3, -0.25) is 0 Å². The number of methoxy groups -OCH3 is 1. The Balaban J connectivity index is 3.15. The lowest BCUT2D eigenvalue weighted by molar-refractivity contribution is 0.0599. The highest BCUT2D eigenvalue weighted by Crippen LogP contribution is 2.25. The van der Waals surface area contributed by atoms with Gasteiger partial charge in [0.1, 0.15) is 0 Å². The molecule has 0 aliphatic heterocycles. The van der Waals surface area contributed by atoms with Gasteiger partial charge < -0.3 is 4.74 Å². The van der Waals surface area contributed by atoms with E-state index in [9.17, 15) is 13.6 Å².